The van der Waals surface area contributed by atoms with Crippen molar-refractivity contribution >= 4 is 5.69 Å². The zero-order valence-corrected chi connectivity index (χ0v) is 12.3. The molecule has 19 heavy (non-hydrogen) atoms. The van der Waals surface area contributed by atoms with Crippen LogP contribution in [0, 0.1) is 0 Å². The molecule has 5 heteroatoms. The Morgan fingerprint density at radius 2 is 2.26 bits per heavy atom. The van der Waals surface area contributed by atoms with Gasteiger partial charge in [-0.15, -0.1) is 0 Å². The maximum atomic E-state index is 5.61. The number of hydrogen-bond acceptors (Lipinski definition) is 4. The minimum atomic E-state index is 0.172. The van der Waals surface area contributed by atoms with Gasteiger partial charge in [0, 0.05) is 31.4 Å². The van der Waals surface area contributed by atoms with E-state index in [1.165, 1.54) is 6.42 Å². The molecule has 1 aromatic rings. The molecule has 5 nitrogen and oxygen atoms in total. The highest BCUT2D eigenvalue weighted by Gasteiger charge is 2.16. The van der Waals surface area contributed by atoms with Gasteiger partial charge in [0.15, 0.2) is 0 Å². The molecule has 2 rings (SSSR count). The molecule has 1 saturated heterocycles. The SMILES string of the molecule is CC(C)(C)NCCNc1cnn(CC2CCCO2)c1. The summed E-state index contributed by atoms with van der Waals surface area (Å²) in [5, 5.41) is 11.2. The van der Waals surface area contributed by atoms with Crippen LogP contribution >= 0.6 is 0 Å². The van der Waals surface area contributed by atoms with Crippen LogP contribution in [0.3, 0.4) is 0 Å². The minimum absolute atomic E-state index is 0.172. The smallest absolute Gasteiger partial charge is 0.0771 e. The van der Waals surface area contributed by atoms with E-state index in [0.29, 0.717) is 6.10 Å². The van der Waals surface area contributed by atoms with Gasteiger partial charge in [0.2, 0.25) is 0 Å². The van der Waals surface area contributed by atoms with Crippen molar-refractivity contribution in [2.45, 2.75) is 51.8 Å². The molecule has 0 bridgehead atoms. The lowest BCUT2D eigenvalue weighted by Crippen LogP contribution is -2.38. The van der Waals surface area contributed by atoms with Crippen molar-refractivity contribution in [3.05, 3.63) is 12.4 Å². The van der Waals surface area contributed by atoms with Gasteiger partial charge in [-0.05, 0) is 33.6 Å². The third kappa shape index (κ3) is 5.20. The Balaban J connectivity index is 1.68. The molecular formula is C14H26N4O. The molecule has 1 aliphatic heterocycles. The van der Waals surface area contributed by atoms with Crippen LogP contribution in [0.2, 0.25) is 0 Å². The number of anilines is 1. The average Bonchev–Trinajstić information content (AvgIpc) is 2.96. The second kappa shape index (κ2) is 6.39. The van der Waals surface area contributed by atoms with Crippen molar-refractivity contribution in [2.24, 2.45) is 0 Å². The molecule has 1 unspecified atom stereocenters. The second-order valence-electron chi connectivity index (χ2n) is 6.19. The van der Waals surface area contributed by atoms with Crippen molar-refractivity contribution in [3.8, 4) is 0 Å². The molecule has 0 amide bonds. The molecule has 0 spiro atoms. The molecule has 1 aliphatic rings. The first kappa shape index (κ1) is 14.3. The molecule has 2 heterocycles. The molecule has 1 fully saturated rings. The topological polar surface area (TPSA) is 51.1 Å². The molecule has 1 aromatic heterocycles. The van der Waals surface area contributed by atoms with Gasteiger partial charge in [0.05, 0.1) is 24.5 Å². The van der Waals surface area contributed by atoms with Crippen molar-refractivity contribution in [1.82, 2.24) is 15.1 Å². The molecule has 0 aliphatic carbocycles. The normalized spacial score (nSPS) is 19.8. The zero-order chi connectivity index (χ0) is 13.7. The first-order valence-electron chi connectivity index (χ1n) is 7.16. The largest absolute Gasteiger partial charge is 0.381 e. The standard InChI is InChI=1S/C14H26N4O/c1-14(2,3)16-7-6-15-12-9-17-18(10-12)11-13-5-4-8-19-13/h9-10,13,15-16H,4-8,11H2,1-3H3. The summed E-state index contributed by atoms with van der Waals surface area (Å²) in [7, 11) is 0. The predicted molar refractivity (Wildman–Crippen MR) is 77.4 cm³/mol. The third-order valence-corrected chi connectivity index (χ3v) is 3.16. The maximum absolute atomic E-state index is 5.61. The van der Waals surface area contributed by atoms with E-state index in [-0.39, 0.29) is 5.54 Å². The summed E-state index contributed by atoms with van der Waals surface area (Å²) in [5.74, 6) is 0. The fourth-order valence-corrected chi connectivity index (χ4v) is 2.20. The number of aromatic nitrogens is 2. The monoisotopic (exact) mass is 266 g/mol. The molecule has 0 saturated carbocycles. The lowest BCUT2D eigenvalue weighted by Gasteiger charge is -2.20. The predicted octanol–water partition coefficient (Wildman–Crippen LogP) is 1.86. The van der Waals surface area contributed by atoms with Gasteiger partial charge >= 0.3 is 0 Å². The summed E-state index contributed by atoms with van der Waals surface area (Å²) in [4.78, 5) is 0. The summed E-state index contributed by atoms with van der Waals surface area (Å²) in [5.41, 5.74) is 1.25. The van der Waals surface area contributed by atoms with Crippen molar-refractivity contribution in [1.29, 1.82) is 0 Å². The maximum Gasteiger partial charge on any atom is 0.0771 e. The van der Waals surface area contributed by atoms with E-state index in [4.69, 9.17) is 4.74 Å². The third-order valence-electron chi connectivity index (χ3n) is 3.16. The lowest BCUT2D eigenvalue weighted by atomic mass is 10.1. The molecular weight excluding hydrogens is 240 g/mol. The number of nitrogens with one attached hydrogen (secondary N) is 2. The van der Waals surface area contributed by atoms with E-state index in [0.717, 1.165) is 38.3 Å². The number of ether oxygens (including phenoxy) is 1. The van der Waals surface area contributed by atoms with Gasteiger partial charge in [-0.1, -0.05) is 0 Å². The number of rotatable bonds is 6. The van der Waals surface area contributed by atoms with Crippen LogP contribution in [0.25, 0.3) is 0 Å². The fourth-order valence-electron chi connectivity index (χ4n) is 2.20. The van der Waals surface area contributed by atoms with E-state index in [1.807, 2.05) is 10.9 Å². The Morgan fingerprint density at radius 3 is 2.95 bits per heavy atom. The highest BCUT2D eigenvalue weighted by atomic mass is 16.5. The molecule has 1 atom stereocenters. The van der Waals surface area contributed by atoms with Crippen LogP contribution < -0.4 is 10.6 Å². The lowest BCUT2D eigenvalue weighted by molar-refractivity contribution is 0.0940. The Morgan fingerprint density at radius 1 is 1.42 bits per heavy atom. The zero-order valence-electron chi connectivity index (χ0n) is 12.3. The minimum Gasteiger partial charge on any atom is -0.381 e. The Bertz CT molecular complexity index is 377. The van der Waals surface area contributed by atoms with E-state index in [9.17, 15) is 0 Å². The van der Waals surface area contributed by atoms with Crippen LogP contribution in [0.5, 0.6) is 0 Å². The van der Waals surface area contributed by atoms with Gasteiger partial charge in [0.25, 0.3) is 0 Å². The van der Waals surface area contributed by atoms with Gasteiger partial charge in [-0.25, -0.2) is 0 Å². The van der Waals surface area contributed by atoms with Gasteiger partial charge in [-0.3, -0.25) is 4.68 Å². The molecule has 2 N–H and O–H groups in total. The van der Waals surface area contributed by atoms with Gasteiger partial charge in [-0.2, -0.15) is 5.10 Å². The van der Waals surface area contributed by atoms with E-state index < -0.39 is 0 Å². The average molecular weight is 266 g/mol. The first-order chi connectivity index (χ1) is 9.03. The number of nitrogens with zero attached hydrogens (tertiary/aromatic N) is 2. The first-order valence-corrected chi connectivity index (χ1v) is 7.16. The molecule has 0 radical (unpaired) electrons. The summed E-state index contributed by atoms with van der Waals surface area (Å²) >= 11 is 0. The van der Waals surface area contributed by atoms with Crippen LogP contribution in [0.4, 0.5) is 5.69 Å². The highest BCUT2D eigenvalue weighted by molar-refractivity contribution is 5.37. The van der Waals surface area contributed by atoms with Crippen molar-refractivity contribution in [3.63, 3.8) is 0 Å². The Labute approximate surface area is 115 Å². The quantitative estimate of drug-likeness (QED) is 0.772. The van der Waals surface area contributed by atoms with Crippen LogP contribution in [-0.4, -0.2) is 41.1 Å². The summed E-state index contributed by atoms with van der Waals surface area (Å²) in [6.45, 7) is 10.1. The molecule has 108 valence electrons. The Kier molecular flexibility index (Phi) is 4.82. The summed E-state index contributed by atoms with van der Waals surface area (Å²) < 4.78 is 7.58. The van der Waals surface area contributed by atoms with E-state index in [2.05, 4.69) is 42.7 Å². The second-order valence-corrected chi connectivity index (χ2v) is 6.19. The highest BCUT2D eigenvalue weighted by Crippen LogP contribution is 2.14. The van der Waals surface area contributed by atoms with E-state index >= 15 is 0 Å². The van der Waals surface area contributed by atoms with Gasteiger partial charge in [0.1, 0.15) is 0 Å². The van der Waals surface area contributed by atoms with Crippen LogP contribution in [-0.2, 0) is 11.3 Å². The van der Waals surface area contributed by atoms with Crippen LogP contribution in [0.1, 0.15) is 33.6 Å². The van der Waals surface area contributed by atoms with E-state index in [1.54, 1.807) is 0 Å². The van der Waals surface area contributed by atoms with Crippen molar-refractivity contribution < 1.29 is 4.74 Å². The Hall–Kier alpha value is -1.07. The van der Waals surface area contributed by atoms with Crippen molar-refractivity contribution in [2.75, 3.05) is 25.0 Å². The fraction of sp³-hybridized carbons (Fsp3) is 0.786. The summed E-state index contributed by atoms with van der Waals surface area (Å²) in [6, 6.07) is 0. The van der Waals surface area contributed by atoms with Gasteiger partial charge < -0.3 is 15.4 Å². The van der Waals surface area contributed by atoms with Crippen LogP contribution in [0.15, 0.2) is 12.4 Å². The molecule has 0 aromatic carbocycles. The number of hydrogen-bond donors (Lipinski definition) is 2. The summed E-state index contributed by atoms with van der Waals surface area (Å²) in [6.07, 6.45) is 6.61.